The molecule has 0 unspecified atom stereocenters. The molecule has 114 valence electrons. The maximum atomic E-state index is 11.8. The SMILES string of the molecule is CCOC(=O)c1c(C)nsc1NCCCOCC(C)C. The van der Waals surface area contributed by atoms with Crippen LogP contribution in [-0.4, -0.2) is 36.7 Å². The lowest BCUT2D eigenvalue weighted by Crippen LogP contribution is -2.11. The van der Waals surface area contributed by atoms with Crippen molar-refractivity contribution in [1.82, 2.24) is 4.37 Å². The van der Waals surface area contributed by atoms with E-state index in [2.05, 4.69) is 23.5 Å². The average Bonchev–Trinajstić information content (AvgIpc) is 2.75. The van der Waals surface area contributed by atoms with Crippen molar-refractivity contribution in [2.45, 2.75) is 34.1 Å². The van der Waals surface area contributed by atoms with Crippen molar-refractivity contribution in [2.24, 2.45) is 5.92 Å². The van der Waals surface area contributed by atoms with Gasteiger partial charge in [-0.3, -0.25) is 0 Å². The Bertz CT molecular complexity index is 419. The fourth-order valence-corrected chi connectivity index (χ4v) is 2.44. The van der Waals surface area contributed by atoms with Crippen LogP contribution in [0.4, 0.5) is 5.00 Å². The largest absolute Gasteiger partial charge is 0.462 e. The number of hydrogen-bond donors (Lipinski definition) is 1. The Hall–Kier alpha value is -1.14. The van der Waals surface area contributed by atoms with Gasteiger partial charge in [-0.25, -0.2) is 4.79 Å². The van der Waals surface area contributed by atoms with Gasteiger partial charge in [0.05, 0.1) is 12.3 Å². The summed E-state index contributed by atoms with van der Waals surface area (Å²) < 4.78 is 14.8. The molecule has 1 aromatic rings. The number of carbonyl (C=O) groups is 1. The standard InChI is InChI=1S/C14H24N2O3S/c1-5-19-14(17)12-11(4)16-20-13(12)15-7-6-8-18-9-10(2)3/h10,15H,5-9H2,1-4H3. The predicted molar refractivity (Wildman–Crippen MR) is 81.6 cm³/mol. The molecular formula is C14H24N2O3S. The molecule has 1 rings (SSSR count). The molecule has 0 aliphatic heterocycles. The van der Waals surface area contributed by atoms with Crippen LogP contribution in [0, 0.1) is 12.8 Å². The maximum absolute atomic E-state index is 11.8. The van der Waals surface area contributed by atoms with E-state index >= 15 is 0 Å². The van der Waals surface area contributed by atoms with Crippen LogP contribution in [0.2, 0.25) is 0 Å². The Labute approximate surface area is 124 Å². The summed E-state index contributed by atoms with van der Waals surface area (Å²) in [6, 6.07) is 0. The molecule has 1 aromatic heterocycles. The van der Waals surface area contributed by atoms with E-state index in [-0.39, 0.29) is 5.97 Å². The second-order valence-corrected chi connectivity index (χ2v) is 5.72. The Balaban J connectivity index is 2.39. The number of aryl methyl sites for hydroxylation is 1. The number of aromatic nitrogens is 1. The zero-order chi connectivity index (χ0) is 15.0. The van der Waals surface area contributed by atoms with E-state index in [0.717, 1.165) is 31.2 Å². The minimum absolute atomic E-state index is 0.308. The van der Waals surface area contributed by atoms with Gasteiger partial charge in [0.25, 0.3) is 0 Å². The maximum Gasteiger partial charge on any atom is 0.343 e. The molecular weight excluding hydrogens is 276 g/mol. The molecule has 0 spiro atoms. The zero-order valence-electron chi connectivity index (χ0n) is 12.7. The topological polar surface area (TPSA) is 60.5 Å². The van der Waals surface area contributed by atoms with Crippen molar-refractivity contribution in [3.63, 3.8) is 0 Å². The summed E-state index contributed by atoms with van der Waals surface area (Å²) in [5.74, 6) is 0.250. The lowest BCUT2D eigenvalue weighted by atomic mass is 10.2. The van der Waals surface area contributed by atoms with Gasteiger partial charge in [0.15, 0.2) is 0 Å². The Morgan fingerprint density at radius 2 is 2.20 bits per heavy atom. The van der Waals surface area contributed by atoms with E-state index in [1.165, 1.54) is 11.5 Å². The molecule has 0 radical (unpaired) electrons. The Kier molecular flexibility index (Phi) is 7.54. The van der Waals surface area contributed by atoms with Crippen LogP contribution >= 0.6 is 11.5 Å². The summed E-state index contributed by atoms with van der Waals surface area (Å²) in [7, 11) is 0. The summed E-state index contributed by atoms with van der Waals surface area (Å²) in [5, 5.41) is 4.02. The highest BCUT2D eigenvalue weighted by Gasteiger charge is 2.19. The van der Waals surface area contributed by atoms with E-state index in [9.17, 15) is 4.79 Å². The van der Waals surface area contributed by atoms with Crippen molar-refractivity contribution in [2.75, 3.05) is 31.7 Å². The molecule has 5 nitrogen and oxygen atoms in total. The zero-order valence-corrected chi connectivity index (χ0v) is 13.5. The number of nitrogens with zero attached hydrogens (tertiary/aromatic N) is 1. The van der Waals surface area contributed by atoms with E-state index in [0.29, 0.717) is 23.8 Å². The van der Waals surface area contributed by atoms with Crippen LogP contribution in [0.15, 0.2) is 0 Å². The van der Waals surface area contributed by atoms with E-state index in [1.54, 1.807) is 6.92 Å². The highest BCUT2D eigenvalue weighted by atomic mass is 32.1. The minimum Gasteiger partial charge on any atom is -0.462 e. The molecule has 1 N–H and O–H groups in total. The quantitative estimate of drug-likeness (QED) is 0.561. The summed E-state index contributed by atoms with van der Waals surface area (Å²) >= 11 is 1.30. The van der Waals surface area contributed by atoms with Gasteiger partial charge in [0.2, 0.25) is 0 Å². The lowest BCUT2D eigenvalue weighted by molar-refractivity contribution is 0.0527. The number of esters is 1. The van der Waals surface area contributed by atoms with E-state index in [4.69, 9.17) is 9.47 Å². The van der Waals surface area contributed by atoms with Gasteiger partial charge < -0.3 is 14.8 Å². The minimum atomic E-state index is -0.308. The van der Waals surface area contributed by atoms with Crippen LogP contribution in [0.3, 0.4) is 0 Å². The number of ether oxygens (including phenoxy) is 2. The number of carbonyl (C=O) groups excluding carboxylic acids is 1. The third-order valence-electron chi connectivity index (χ3n) is 2.54. The summed E-state index contributed by atoms with van der Waals surface area (Å²) in [6.07, 6.45) is 0.895. The number of hydrogen-bond acceptors (Lipinski definition) is 6. The number of rotatable bonds is 9. The summed E-state index contributed by atoms with van der Waals surface area (Å²) in [5.41, 5.74) is 1.27. The molecule has 0 atom stereocenters. The monoisotopic (exact) mass is 300 g/mol. The first-order valence-electron chi connectivity index (χ1n) is 7.01. The lowest BCUT2D eigenvalue weighted by Gasteiger charge is -2.08. The number of nitrogens with one attached hydrogen (secondary N) is 1. The van der Waals surface area contributed by atoms with Crippen molar-refractivity contribution >= 4 is 22.5 Å². The fourth-order valence-electron chi connectivity index (χ4n) is 1.63. The van der Waals surface area contributed by atoms with Crippen molar-refractivity contribution in [3.05, 3.63) is 11.3 Å². The van der Waals surface area contributed by atoms with Crippen LogP contribution in [0.1, 0.15) is 43.2 Å². The Morgan fingerprint density at radius 3 is 2.85 bits per heavy atom. The average molecular weight is 300 g/mol. The van der Waals surface area contributed by atoms with E-state index < -0.39 is 0 Å². The molecule has 0 saturated heterocycles. The van der Waals surface area contributed by atoms with Gasteiger partial charge in [0.1, 0.15) is 10.6 Å². The first-order valence-corrected chi connectivity index (χ1v) is 7.78. The molecule has 20 heavy (non-hydrogen) atoms. The van der Waals surface area contributed by atoms with E-state index in [1.807, 2.05) is 6.92 Å². The molecule has 0 aliphatic rings. The number of anilines is 1. The highest BCUT2D eigenvalue weighted by molar-refractivity contribution is 7.10. The molecule has 1 heterocycles. The van der Waals surface area contributed by atoms with Gasteiger partial charge in [-0.1, -0.05) is 13.8 Å². The molecule has 0 amide bonds. The molecule has 0 aliphatic carbocycles. The fraction of sp³-hybridized carbons (Fsp3) is 0.714. The third-order valence-corrected chi connectivity index (χ3v) is 3.44. The highest BCUT2D eigenvalue weighted by Crippen LogP contribution is 2.25. The van der Waals surface area contributed by atoms with Crippen LogP contribution in [0.5, 0.6) is 0 Å². The second-order valence-electron chi connectivity index (χ2n) is 4.94. The Morgan fingerprint density at radius 1 is 1.45 bits per heavy atom. The first-order chi connectivity index (χ1) is 9.56. The smallest absolute Gasteiger partial charge is 0.343 e. The van der Waals surface area contributed by atoms with Crippen molar-refractivity contribution in [1.29, 1.82) is 0 Å². The molecule has 6 heteroatoms. The van der Waals surface area contributed by atoms with Crippen LogP contribution in [-0.2, 0) is 9.47 Å². The molecule has 0 saturated carbocycles. The van der Waals surface area contributed by atoms with Gasteiger partial charge in [-0.05, 0) is 37.7 Å². The van der Waals surface area contributed by atoms with Gasteiger partial charge >= 0.3 is 5.97 Å². The summed E-state index contributed by atoms with van der Waals surface area (Å²) in [6.45, 7) is 10.5. The van der Waals surface area contributed by atoms with Gasteiger partial charge in [-0.2, -0.15) is 4.37 Å². The normalized spacial score (nSPS) is 10.8. The third kappa shape index (κ3) is 5.46. The van der Waals surface area contributed by atoms with Crippen molar-refractivity contribution in [3.8, 4) is 0 Å². The van der Waals surface area contributed by atoms with Crippen LogP contribution in [0.25, 0.3) is 0 Å². The summed E-state index contributed by atoms with van der Waals surface area (Å²) in [4.78, 5) is 11.8. The second kappa shape index (κ2) is 8.92. The first kappa shape index (κ1) is 16.9. The van der Waals surface area contributed by atoms with Gasteiger partial charge in [-0.15, -0.1) is 0 Å². The predicted octanol–water partition coefficient (Wildman–Crippen LogP) is 3.10. The van der Waals surface area contributed by atoms with Gasteiger partial charge in [0, 0.05) is 19.8 Å². The molecule has 0 fully saturated rings. The van der Waals surface area contributed by atoms with Crippen molar-refractivity contribution < 1.29 is 14.3 Å². The molecule has 0 aromatic carbocycles. The van der Waals surface area contributed by atoms with Crippen LogP contribution < -0.4 is 5.32 Å². The molecule has 0 bridgehead atoms.